The third-order valence-corrected chi connectivity index (χ3v) is 3.52. The van der Waals surface area contributed by atoms with Gasteiger partial charge in [-0.1, -0.05) is 33.3 Å². The molecule has 0 aromatic carbocycles. The zero-order chi connectivity index (χ0) is 11.0. The molecule has 0 aromatic rings. The Bertz CT molecular complexity index is 147. The van der Waals surface area contributed by atoms with Crippen LogP contribution < -0.4 is 5.73 Å². The van der Waals surface area contributed by atoms with Crippen LogP contribution in [0.4, 0.5) is 0 Å². The molecule has 0 aromatic heterocycles. The van der Waals surface area contributed by atoms with Gasteiger partial charge >= 0.3 is 0 Å². The topological polar surface area (TPSA) is 26.0 Å². The summed E-state index contributed by atoms with van der Waals surface area (Å²) in [5.41, 5.74) is 6.32. The molecule has 0 radical (unpaired) electrons. The SMILES string of the molecule is C=CC(CC)CCCC(N)(CC)CC. The second-order valence-corrected chi connectivity index (χ2v) is 4.37. The fourth-order valence-electron chi connectivity index (χ4n) is 1.81. The van der Waals surface area contributed by atoms with Crippen molar-refractivity contribution in [3.05, 3.63) is 12.7 Å². The van der Waals surface area contributed by atoms with E-state index < -0.39 is 0 Å². The van der Waals surface area contributed by atoms with Crippen molar-refractivity contribution >= 4 is 0 Å². The van der Waals surface area contributed by atoms with Gasteiger partial charge in [0.25, 0.3) is 0 Å². The Kier molecular flexibility index (Phi) is 6.90. The summed E-state index contributed by atoms with van der Waals surface area (Å²) in [6.07, 6.45) is 9.12. The van der Waals surface area contributed by atoms with Gasteiger partial charge < -0.3 is 5.73 Å². The van der Waals surface area contributed by atoms with Gasteiger partial charge in [-0.15, -0.1) is 6.58 Å². The molecule has 1 nitrogen and oxygen atoms in total. The van der Waals surface area contributed by atoms with Gasteiger partial charge in [0.15, 0.2) is 0 Å². The summed E-state index contributed by atoms with van der Waals surface area (Å²) in [5, 5.41) is 0. The van der Waals surface area contributed by atoms with Crippen molar-refractivity contribution in [3.8, 4) is 0 Å². The second kappa shape index (κ2) is 7.05. The van der Waals surface area contributed by atoms with Crippen molar-refractivity contribution in [1.29, 1.82) is 0 Å². The molecule has 14 heavy (non-hydrogen) atoms. The van der Waals surface area contributed by atoms with Gasteiger partial charge in [0.05, 0.1) is 0 Å². The molecule has 0 spiro atoms. The minimum absolute atomic E-state index is 0.0828. The van der Waals surface area contributed by atoms with Crippen molar-refractivity contribution < 1.29 is 0 Å². The highest BCUT2D eigenvalue weighted by Gasteiger charge is 2.19. The maximum absolute atomic E-state index is 6.24. The van der Waals surface area contributed by atoms with Crippen molar-refractivity contribution in [3.63, 3.8) is 0 Å². The molecule has 0 bridgehead atoms. The normalized spacial score (nSPS) is 14.0. The van der Waals surface area contributed by atoms with Gasteiger partial charge in [-0.3, -0.25) is 0 Å². The summed E-state index contributed by atoms with van der Waals surface area (Å²) in [5.74, 6) is 0.688. The first-order valence-corrected chi connectivity index (χ1v) is 6.03. The van der Waals surface area contributed by atoms with E-state index in [9.17, 15) is 0 Å². The Hall–Kier alpha value is -0.300. The molecule has 1 unspecified atom stereocenters. The van der Waals surface area contributed by atoms with Crippen molar-refractivity contribution in [2.75, 3.05) is 0 Å². The smallest absolute Gasteiger partial charge is 0.0149 e. The Morgan fingerprint density at radius 2 is 1.86 bits per heavy atom. The number of hydrogen-bond acceptors (Lipinski definition) is 1. The zero-order valence-electron chi connectivity index (χ0n) is 10.2. The largest absolute Gasteiger partial charge is 0.325 e. The van der Waals surface area contributed by atoms with E-state index in [1.807, 2.05) is 0 Å². The first kappa shape index (κ1) is 13.7. The van der Waals surface area contributed by atoms with Crippen LogP contribution in [0, 0.1) is 5.92 Å². The summed E-state index contributed by atoms with van der Waals surface area (Å²) < 4.78 is 0. The van der Waals surface area contributed by atoms with Crippen LogP contribution in [0.3, 0.4) is 0 Å². The van der Waals surface area contributed by atoms with Gasteiger partial charge in [-0.05, 0) is 38.0 Å². The molecule has 0 aliphatic heterocycles. The second-order valence-electron chi connectivity index (χ2n) is 4.37. The van der Waals surface area contributed by atoms with Gasteiger partial charge in [-0.25, -0.2) is 0 Å². The van der Waals surface area contributed by atoms with Crippen molar-refractivity contribution in [2.45, 2.75) is 64.8 Å². The van der Waals surface area contributed by atoms with E-state index in [4.69, 9.17) is 5.73 Å². The third kappa shape index (κ3) is 4.80. The lowest BCUT2D eigenvalue weighted by Gasteiger charge is -2.27. The molecule has 0 amide bonds. The van der Waals surface area contributed by atoms with Gasteiger partial charge in [0.2, 0.25) is 0 Å². The lowest BCUT2D eigenvalue weighted by molar-refractivity contribution is 0.343. The highest BCUT2D eigenvalue weighted by atomic mass is 14.7. The lowest BCUT2D eigenvalue weighted by Crippen LogP contribution is -2.38. The first-order chi connectivity index (χ1) is 6.61. The molecule has 0 rings (SSSR count). The van der Waals surface area contributed by atoms with E-state index in [0.29, 0.717) is 5.92 Å². The van der Waals surface area contributed by atoms with E-state index in [0.717, 1.165) is 19.3 Å². The molecule has 0 saturated carbocycles. The maximum atomic E-state index is 6.24. The van der Waals surface area contributed by atoms with Gasteiger partial charge in [-0.2, -0.15) is 0 Å². The minimum atomic E-state index is 0.0828. The molecular weight excluding hydrogens is 170 g/mol. The molecule has 1 heteroatoms. The maximum Gasteiger partial charge on any atom is 0.0149 e. The number of hydrogen-bond donors (Lipinski definition) is 1. The highest BCUT2D eigenvalue weighted by molar-refractivity contribution is 4.83. The zero-order valence-corrected chi connectivity index (χ0v) is 10.2. The molecule has 0 fully saturated rings. The summed E-state index contributed by atoms with van der Waals surface area (Å²) in [4.78, 5) is 0. The molecule has 1 atom stereocenters. The molecule has 0 heterocycles. The summed E-state index contributed by atoms with van der Waals surface area (Å²) >= 11 is 0. The van der Waals surface area contributed by atoms with E-state index in [1.165, 1.54) is 19.3 Å². The average molecular weight is 197 g/mol. The third-order valence-electron chi connectivity index (χ3n) is 3.52. The molecule has 84 valence electrons. The standard InChI is InChI=1S/C13H27N/c1-5-12(6-2)10-9-11-13(14,7-3)8-4/h5,12H,1,6-11,14H2,2-4H3. The van der Waals surface area contributed by atoms with E-state index in [1.54, 1.807) is 0 Å². The van der Waals surface area contributed by atoms with Crippen molar-refractivity contribution in [1.82, 2.24) is 0 Å². The highest BCUT2D eigenvalue weighted by Crippen LogP contribution is 2.22. The predicted molar refractivity (Wildman–Crippen MR) is 65.3 cm³/mol. The Balaban J connectivity index is 3.76. The number of allylic oxidation sites excluding steroid dienone is 1. The Labute approximate surface area is 89.8 Å². The van der Waals surface area contributed by atoms with Crippen LogP contribution in [0.1, 0.15) is 59.3 Å². The summed E-state index contributed by atoms with van der Waals surface area (Å²) in [6.45, 7) is 10.5. The van der Waals surface area contributed by atoms with Crippen LogP contribution >= 0.6 is 0 Å². The van der Waals surface area contributed by atoms with Crippen LogP contribution in [0.25, 0.3) is 0 Å². The number of rotatable bonds is 8. The first-order valence-electron chi connectivity index (χ1n) is 6.03. The van der Waals surface area contributed by atoms with Crippen molar-refractivity contribution in [2.24, 2.45) is 11.7 Å². The quantitative estimate of drug-likeness (QED) is 0.587. The minimum Gasteiger partial charge on any atom is -0.325 e. The van der Waals surface area contributed by atoms with E-state index in [2.05, 4.69) is 33.4 Å². The Morgan fingerprint density at radius 1 is 1.29 bits per heavy atom. The fraction of sp³-hybridized carbons (Fsp3) is 0.846. The molecule has 0 saturated heterocycles. The lowest BCUT2D eigenvalue weighted by atomic mass is 9.86. The number of nitrogens with two attached hydrogens (primary N) is 1. The van der Waals surface area contributed by atoms with Crippen LogP contribution in [0.2, 0.25) is 0 Å². The molecule has 2 N–H and O–H groups in total. The van der Waals surface area contributed by atoms with Crippen LogP contribution in [-0.4, -0.2) is 5.54 Å². The van der Waals surface area contributed by atoms with Crippen LogP contribution in [0.5, 0.6) is 0 Å². The fourth-order valence-corrected chi connectivity index (χ4v) is 1.81. The Morgan fingerprint density at radius 3 is 2.21 bits per heavy atom. The summed E-state index contributed by atoms with van der Waals surface area (Å²) in [7, 11) is 0. The van der Waals surface area contributed by atoms with Gasteiger partial charge in [0, 0.05) is 5.54 Å². The molecule has 0 aliphatic carbocycles. The summed E-state index contributed by atoms with van der Waals surface area (Å²) in [6, 6.07) is 0. The van der Waals surface area contributed by atoms with Gasteiger partial charge in [0.1, 0.15) is 0 Å². The van der Waals surface area contributed by atoms with E-state index >= 15 is 0 Å². The van der Waals surface area contributed by atoms with Crippen LogP contribution in [-0.2, 0) is 0 Å². The monoisotopic (exact) mass is 197 g/mol. The molecule has 0 aliphatic rings. The average Bonchev–Trinajstić information content (AvgIpc) is 2.24. The van der Waals surface area contributed by atoms with Crippen LogP contribution in [0.15, 0.2) is 12.7 Å². The molecular formula is C13H27N. The van der Waals surface area contributed by atoms with E-state index in [-0.39, 0.29) is 5.54 Å². The predicted octanol–water partition coefficient (Wildman–Crippen LogP) is 3.89.